The maximum absolute atomic E-state index is 13.3. The Morgan fingerprint density at radius 1 is 1.06 bits per heavy atom. The number of rotatable bonds is 5. The zero-order valence-electron chi connectivity index (χ0n) is 19.0. The summed E-state index contributed by atoms with van der Waals surface area (Å²) < 4.78 is 15.2. The molecule has 2 amide bonds. The van der Waals surface area contributed by atoms with Crippen molar-refractivity contribution in [2.24, 2.45) is 0 Å². The molecule has 7 heteroatoms. The van der Waals surface area contributed by atoms with E-state index < -0.39 is 5.41 Å². The Labute approximate surface area is 197 Å². The number of aromatic nitrogens is 2. The molecule has 3 aromatic rings. The van der Waals surface area contributed by atoms with Gasteiger partial charge >= 0.3 is 0 Å². The molecule has 0 saturated heterocycles. The van der Waals surface area contributed by atoms with Gasteiger partial charge in [0.05, 0.1) is 23.2 Å². The molecule has 2 fully saturated rings. The second-order valence-electron chi connectivity index (χ2n) is 9.74. The number of aryl methyl sites for hydroxylation is 1. The molecule has 2 heterocycles. The Hall–Kier alpha value is -3.48. The van der Waals surface area contributed by atoms with E-state index in [0.29, 0.717) is 23.8 Å². The van der Waals surface area contributed by atoms with Gasteiger partial charge in [0, 0.05) is 24.1 Å². The number of hydrogen-bond donors (Lipinski definition) is 1. The van der Waals surface area contributed by atoms with E-state index in [-0.39, 0.29) is 17.6 Å². The van der Waals surface area contributed by atoms with Crippen molar-refractivity contribution >= 4 is 23.2 Å². The van der Waals surface area contributed by atoms with Crippen LogP contribution in [0.15, 0.2) is 54.9 Å². The lowest BCUT2D eigenvalue weighted by atomic mass is 9.63. The van der Waals surface area contributed by atoms with E-state index in [4.69, 9.17) is 0 Å². The first kappa shape index (κ1) is 21.1. The largest absolute Gasteiger partial charge is 0.325 e. The molecular weight excluding hydrogens is 431 g/mol. The fraction of sp³-hybridized carbons (Fsp3) is 0.370. The maximum Gasteiger partial charge on any atom is 0.261 e. The zero-order chi connectivity index (χ0) is 23.3. The number of fused-ring (bicyclic) bond motifs is 1. The van der Waals surface area contributed by atoms with Crippen molar-refractivity contribution in [2.45, 2.75) is 56.4 Å². The van der Waals surface area contributed by atoms with E-state index in [9.17, 15) is 14.0 Å². The molecule has 0 atom stereocenters. The highest BCUT2D eigenvalue weighted by molar-refractivity contribution is 6.06. The topological polar surface area (TPSA) is 67.2 Å². The molecule has 1 N–H and O–H groups in total. The number of halogens is 1. The summed E-state index contributed by atoms with van der Waals surface area (Å²) in [5.41, 5.74) is 3.66. The van der Waals surface area contributed by atoms with Gasteiger partial charge in [0.1, 0.15) is 5.82 Å². The Balaban J connectivity index is 1.26. The fourth-order valence-corrected chi connectivity index (χ4v) is 5.21. The summed E-state index contributed by atoms with van der Waals surface area (Å²) in [6.45, 7) is 0.677. The first-order valence-corrected chi connectivity index (χ1v) is 12.1. The molecule has 6 nitrogen and oxygen atoms in total. The van der Waals surface area contributed by atoms with E-state index in [1.165, 1.54) is 12.1 Å². The van der Waals surface area contributed by atoms with E-state index in [1.54, 1.807) is 18.3 Å². The minimum Gasteiger partial charge on any atom is -0.325 e. The van der Waals surface area contributed by atoms with Crippen molar-refractivity contribution in [2.75, 3.05) is 16.8 Å². The van der Waals surface area contributed by atoms with Crippen LogP contribution in [-0.4, -0.2) is 28.1 Å². The van der Waals surface area contributed by atoms with Gasteiger partial charge in [-0.05, 0) is 80.0 Å². The van der Waals surface area contributed by atoms with Crippen LogP contribution < -0.4 is 10.2 Å². The molecule has 0 radical (unpaired) electrons. The number of amides is 2. The van der Waals surface area contributed by atoms with Gasteiger partial charge in [-0.2, -0.15) is 5.10 Å². The third kappa shape index (κ3) is 3.59. The van der Waals surface area contributed by atoms with Crippen molar-refractivity contribution < 1.29 is 14.0 Å². The second-order valence-corrected chi connectivity index (χ2v) is 9.74. The highest BCUT2D eigenvalue weighted by atomic mass is 19.1. The molecular formula is C27H27FN4O2. The SMILES string of the molecule is O=C(c1cnn(C2CC2)c1)N1CCCc2cc(C3(C(=O)Nc4ccc(F)cc4)CCC3)ccc21. The Kier molecular flexibility index (Phi) is 5.01. The van der Waals surface area contributed by atoms with Crippen molar-refractivity contribution in [3.63, 3.8) is 0 Å². The fourth-order valence-electron chi connectivity index (χ4n) is 5.21. The lowest BCUT2D eigenvalue weighted by Crippen LogP contribution is -2.46. The first-order chi connectivity index (χ1) is 16.5. The predicted molar refractivity (Wildman–Crippen MR) is 127 cm³/mol. The van der Waals surface area contributed by atoms with Gasteiger partial charge in [0.2, 0.25) is 5.91 Å². The smallest absolute Gasteiger partial charge is 0.261 e. The summed E-state index contributed by atoms with van der Waals surface area (Å²) in [5, 5.41) is 7.35. The quantitative estimate of drug-likeness (QED) is 0.584. The predicted octanol–water partition coefficient (Wildman–Crippen LogP) is 5.01. The van der Waals surface area contributed by atoms with Crippen LogP contribution in [0.25, 0.3) is 0 Å². The summed E-state index contributed by atoms with van der Waals surface area (Å²) in [5.74, 6) is -0.403. The van der Waals surface area contributed by atoms with Crippen LogP contribution >= 0.6 is 0 Å². The number of nitrogens with one attached hydrogen (secondary N) is 1. The molecule has 174 valence electrons. The summed E-state index contributed by atoms with van der Waals surface area (Å²) in [7, 11) is 0. The molecule has 1 aliphatic heterocycles. The van der Waals surface area contributed by atoms with E-state index >= 15 is 0 Å². The molecule has 2 aromatic carbocycles. The molecule has 6 rings (SSSR count). The summed E-state index contributed by atoms with van der Waals surface area (Å²) in [6, 6.07) is 12.4. The molecule has 0 bridgehead atoms. The summed E-state index contributed by atoms with van der Waals surface area (Å²) >= 11 is 0. The molecule has 3 aliphatic rings. The number of benzene rings is 2. The molecule has 0 unspecified atom stereocenters. The van der Waals surface area contributed by atoms with Gasteiger partial charge in [-0.1, -0.05) is 18.6 Å². The first-order valence-electron chi connectivity index (χ1n) is 12.1. The van der Waals surface area contributed by atoms with Gasteiger partial charge in [-0.15, -0.1) is 0 Å². The Bertz CT molecular complexity index is 1260. The highest BCUT2D eigenvalue weighted by Crippen LogP contribution is 2.46. The maximum atomic E-state index is 13.3. The standard InChI is InChI=1S/C27H27FN4O2/c28-21-5-7-22(8-6-21)30-26(34)27(12-2-13-27)20-4-11-24-18(15-20)3-1-14-31(24)25(33)19-16-29-32(17-19)23-9-10-23/h4-8,11,15-17,23H,1-3,9-10,12-14H2,(H,30,34). The van der Waals surface area contributed by atoms with Crippen molar-refractivity contribution in [3.8, 4) is 0 Å². The van der Waals surface area contributed by atoms with Crippen LogP contribution in [0.4, 0.5) is 15.8 Å². The number of carbonyl (C=O) groups excluding carboxylic acids is 2. The van der Waals surface area contributed by atoms with Crippen LogP contribution in [0.3, 0.4) is 0 Å². The molecule has 2 aliphatic carbocycles. The average molecular weight is 459 g/mol. The van der Waals surface area contributed by atoms with Crippen LogP contribution in [-0.2, 0) is 16.6 Å². The zero-order valence-corrected chi connectivity index (χ0v) is 19.0. The number of carbonyl (C=O) groups is 2. The van der Waals surface area contributed by atoms with Crippen molar-refractivity contribution in [1.82, 2.24) is 9.78 Å². The molecule has 2 saturated carbocycles. The second kappa shape index (κ2) is 8.08. The number of anilines is 2. The van der Waals surface area contributed by atoms with Crippen molar-refractivity contribution in [3.05, 3.63) is 77.4 Å². The van der Waals surface area contributed by atoms with E-state index in [1.807, 2.05) is 27.9 Å². The normalized spacial score (nSPS) is 18.7. The molecule has 1 aromatic heterocycles. The highest BCUT2D eigenvalue weighted by Gasteiger charge is 2.46. The van der Waals surface area contributed by atoms with Gasteiger partial charge < -0.3 is 10.2 Å². The Morgan fingerprint density at radius 3 is 2.56 bits per heavy atom. The Morgan fingerprint density at radius 2 is 1.85 bits per heavy atom. The third-order valence-electron chi connectivity index (χ3n) is 7.51. The van der Waals surface area contributed by atoms with E-state index in [0.717, 1.165) is 61.8 Å². The van der Waals surface area contributed by atoms with Gasteiger partial charge in [-0.3, -0.25) is 14.3 Å². The third-order valence-corrected chi connectivity index (χ3v) is 7.51. The number of hydrogen-bond acceptors (Lipinski definition) is 3. The summed E-state index contributed by atoms with van der Waals surface area (Å²) in [4.78, 5) is 28.4. The van der Waals surface area contributed by atoms with Gasteiger partial charge in [0.25, 0.3) is 5.91 Å². The van der Waals surface area contributed by atoms with Crippen LogP contribution in [0, 0.1) is 5.82 Å². The van der Waals surface area contributed by atoms with Crippen molar-refractivity contribution in [1.29, 1.82) is 0 Å². The van der Waals surface area contributed by atoms with Crippen LogP contribution in [0.2, 0.25) is 0 Å². The molecule has 0 spiro atoms. The van der Waals surface area contributed by atoms with Crippen LogP contribution in [0.5, 0.6) is 0 Å². The minimum absolute atomic E-state index is 0.0204. The minimum atomic E-state index is -0.582. The summed E-state index contributed by atoms with van der Waals surface area (Å²) in [6.07, 6.45) is 10.1. The van der Waals surface area contributed by atoms with E-state index in [2.05, 4.69) is 16.5 Å². The average Bonchev–Trinajstić information content (AvgIpc) is 3.55. The molecule has 34 heavy (non-hydrogen) atoms. The monoisotopic (exact) mass is 458 g/mol. The van der Waals surface area contributed by atoms with Gasteiger partial charge in [-0.25, -0.2) is 4.39 Å². The van der Waals surface area contributed by atoms with Gasteiger partial charge in [0.15, 0.2) is 0 Å². The lowest BCUT2D eigenvalue weighted by molar-refractivity contribution is -0.124. The lowest BCUT2D eigenvalue weighted by Gasteiger charge is -2.41. The number of nitrogens with zero attached hydrogens (tertiary/aromatic N) is 3. The van der Waals surface area contributed by atoms with Crippen LogP contribution in [0.1, 0.15) is 66.1 Å².